The summed E-state index contributed by atoms with van der Waals surface area (Å²) in [6.07, 6.45) is -4.28. The van der Waals surface area contributed by atoms with Crippen LogP contribution in [0.1, 0.15) is 17.2 Å². The van der Waals surface area contributed by atoms with Gasteiger partial charge in [-0.05, 0) is 22.9 Å². The van der Waals surface area contributed by atoms with Crippen LogP contribution in [-0.4, -0.2) is 32.9 Å². The number of benzene rings is 1. The van der Waals surface area contributed by atoms with Gasteiger partial charge in [-0.25, -0.2) is 4.79 Å². The number of carbonyl (C=O) groups is 1. The molecule has 1 heterocycles. The van der Waals surface area contributed by atoms with Crippen molar-refractivity contribution in [1.82, 2.24) is 20.2 Å². The number of alkyl halides is 3. The molecule has 1 aromatic heterocycles. The second kappa shape index (κ2) is 5.77. The van der Waals surface area contributed by atoms with Gasteiger partial charge < -0.3 is 10.5 Å². The van der Waals surface area contributed by atoms with Crippen LogP contribution in [0.5, 0.6) is 0 Å². The lowest BCUT2D eigenvalue weighted by molar-refractivity contribution is -0.137. The molecule has 2 N–H and O–H groups in total. The van der Waals surface area contributed by atoms with Gasteiger partial charge in [0, 0.05) is 0 Å². The molecular formula is C11H10F3N5O2. The second-order valence-electron chi connectivity index (χ2n) is 4.02. The Morgan fingerprint density at radius 1 is 1.33 bits per heavy atom. The van der Waals surface area contributed by atoms with Crippen LogP contribution in [0.4, 0.5) is 18.0 Å². The first-order chi connectivity index (χ1) is 9.88. The van der Waals surface area contributed by atoms with Crippen molar-refractivity contribution in [2.24, 2.45) is 5.73 Å². The van der Waals surface area contributed by atoms with Crippen molar-refractivity contribution in [2.75, 3.05) is 6.61 Å². The minimum Gasteiger partial charge on any atom is -0.447 e. The summed E-state index contributed by atoms with van der Waals surface area (Å²) < 4.78 is 42.2. The number of rotatable bonds is 4. The van der Waals surface area contributed by atoms with Crippen molar-refractivity contribution < 1.29 is 22.7 Å². The predicted octanol–water partition coefficient (Wildman–Crippen LogP) is 1.38. The molecule has 0 aliphatic heterocycles. The maximum atomic E-state index is 12.5. The summed E-state index contributed by atoms with van der Waals surface area (Å²) in [4.78, 5) is 11.8. The third-order valence-corrected chi connectivity index (χ3v) is 2.65. The molecular weight excluding hydrogens is 291 g/mol. The van der Waals surface area contributed by atoms with E-state index in [1.807, 2.05) is 0 Å². The smallest absolute Gasteiger partial charge is 0.416 e. The number of hydrogen-bond acceptors (Lipinski definition) is 5. The van der Waals surface area contributed by atoms with E-state index in [0.717, 1.165) is 23.3 Å². The van der Waals surface area contributed by atoms with Crippen LogP contribution in [0.2, 0.25) is 0 Å². The van der Waals surface area contributed by atoms with E-state index in [9.17, 15) is 18.0 Å². The average molecular weight is 301 g/mol. The summed E-state index contributed by atoms with van der Waals surface area (Å²) in [6.45, 7) is -0.225. The topological polar surface area (TPSA) is 95.9 Å². The maximum Gasteiger partial charge on any atom is 0.416 e. The summed E-state index contributed by atoms with van der Waals surface area (Å²) in [5.41, 5.74) is 4.51. The van der Waals surface area contributed by atoms with Crippen molar-refractivity contribution in [1.29, 1.82) is 0 Å². The lowest BCUT2D eigenvalue weighted by Gasteiger charge is -2.16. The molecule has 1 atom stereocenters. The lowest BCUT2D eigenvalue weighted by Crippen LogP contribution is -2.24. The van der Waals surface area contributed by atoms with Crippen LogP contribution < -0.4 is 5.73 Å². The van der Waals surface area contributed by atoms with Gasteiger partial charge in [-0.1, -0.05) is 12.1 Å². The number of aromatic nitrogens is 4. The zero-order valence-electron chi connectivity index (χ0n) is 10.5. The monoisotopic (exact) mass is 301 g/mol. The van der Waals surface area contributed by atoms with Crippen molar-refractivity contribution >= 4 is 6.09 Å². The number of carbonyl (C=O) groups excluding carboxylic acids is 1. The fourth-order valence-electron chi connectivity index (χ4n) is 1.67. The predicted molar refractivity (Wildman–Crippen MR) is 62.9 cm³/mol. The van der Waals surface area contributed by atoms with E-state index in [2.05, 4.69) is 20.1 Å². The Kier molecular flexibility index (Phi) is 4.05. The highest BCUT2D eigenvalue weighted by Crippen LogP contribution is 2.30. The molecule has 0 saturated heterocycles. The van der Waals surface area contributed by atoms with Crippen LogP contribution in [0, 0.1) is 0 Å². The third kappa shape index (κ3) is 3.68. The Labute approximate surface area is 116 Å². The molecule has 0 saturated carbocycles. The molecule has 0 aliphatic carbocycles. The van der Waals surface area contributed by atoms with Gasteiger partial charge in [0.25, 0.3) is 0 Å². The quantitative estimate of drug-likeness (QED) is 0.920. The van der Waals surface area contributed by atoms with E-state index in [4.69, 9.17) is 5.73 Å². The largest absolute Gasteiger partial charge is 0.447 e. The molecule has 0 radical (unpaired) electrons. The highest BCUT2D eigenvalue weighted by Gasteiger charge is 2.30. The van der Waals surface area contributed by atoms with Crippen LogP contribution in [0.15, 0.2) is 30.6 Å². The minimum atomic E-state index is -4.43. The highest BCUT2D eigenvalue weighted by atomic mass is 19.4. The highest BCUT2D eigenvalue weighted by molar-refractivity contribution is 5.64. The molecule has 2 aromatic rings. The van der Waals surface area contributed by atoms with Gasteiger partial charge in [0.15, 0.2) is 6.33 Å². The first-order valence-electron chi connectivity index (χ1n) is 5.70. The fraction of sp³-hybridized carbons (Fsp3) is 0.273. The molecule has 7 nitrogen and oxygen atoms in total. The molecule has 1 amide bonds. The standard InChI is InChI=1S/C11H10F3N5O2/c12-11(13,14)8-3-1-7(2-4-8)9(5-21-10(15)20)19-17-6-16-18-19/h1-4,6,9H,5H2,(H2,15,20). The van der Waals surface area contributed by atoms with Crippen molar-refractivity contribution in [3.8, 4) is 0 Å². The normalized spacial score (nSPS) is 12.9. The minimum absolute atomic E-state index is 0.225. The molecule has 0 fully saturated rings. The molecule has 10 heteroatoms. The summed E-state index contributed by atoms with van der Waals surface area (Å²) in [7, 11) is 0. The van der Waals surface area contributed by atoms with E-state index in [1.54, 1.807) is 0 Å². The molecule has 0 spiro atoms. The number of hydrogen-bond donors (Lipinski definition) is 1. The number of nitrogens with zero attached hydrogens (tertiary/aromatic N) is 4. The summed E-state index contributed by atoms with van der Waals surface area (Å²) in [5, 5.41) is 10.9. The third-order valence-electron chi connectivity index (χ3n) is 2.65. The number of primary amides is 1. The molecule has 1 aromatic carbocycles. The van der Waals surface area contributed by atoms with E-state index < -0.39 is 23.9 Å². The Balaban J connectivity index is 2.26. The molecule has 0 aliphatic rings. The average Bonchev–Trinajstić information content (AvgIpc) is 2.92. The summed E-state index contributed by atoms with van der Waals surface area (Å²) >= 11 is 0. The van der Waals surface area contributed by atoms with Crippen LogP contribution in [0.3, 0.4) is 0 Å². The van der Waals surface area contributed by atoms with Gasteiger partial charge in [-0.3, -0.25) is 0 Å². The second-order valence-corrected chi connectivity index (χ2v) is 4.02. The van der Waals surface area contributed by atoms with E-state index in [1.165, 1.54) is 12.1 Å². The first-order valence-corrected chi connectivity index (χ1v) is 5.70. The summed E-state index contributed by atoms with van der Waals surface area (Å²) in [5.74, 6) is 0. The Morgan fingerprint density at radius 2 is 2.00 bits per heavy atom. The van der Waals surface area contributed by atoms with Crippen molar-refractivity contribution in [3.63, 3.8) is 0 Å². The number of nitrogens with two attached hydrogens (primary N) is 1. The van der Waals surface area contributed by atoms with Crippen LogP contribution in [-0.2, 0) is 10.9 Å². The number of ether oxygens (including phenoxy) is 1. The summed E-state index contributed by atoms with van der Waals surface area (Å²) in [6, 6.07) is 3.62. The zero-order valence-corrected chi connectivity index (χ0v) is 10.5. The Bertz CT molecular complexity index is 597. The Hall–Kier alpha value is -2.65. The SMILES string of the molecule is NC(=O)OCC(c1ccc(C(F)(F)F)cc1)n1ncnn1. The van der Waals surface area contributed by atoms with Gasteiger partial charge >= 0.3 is 12.3 Å². The Morgan fingerprint density at radius 3 is 2.48 bits per heavy atom. The van der Waals surface area contributed by atoms with Gasteiger partial charge in [0.1, 0.15) is 12.6 Å². The number of halogens is 3. The molecule has 0 bridgehead atoms. The molecule has 112 valence electrons. The zero-order chi connectivity index (χ0) is 15.5. The van der Waals surface area contributed by atoms with Gasteiger partial charge in [-0.15, -0.1) is 10.2 Å². The molecule has 21 heavy (non-hydrogen) atoms. The molecule has 1 unspecified atom stereocenters. The van der Waals surface area contributed by atoms with Crippen molar-refractivity contribution in [2.45, 2.75) is 12.2 Å². The maximum absolute atomic E-state index is 12.5. The van der Waals surface area contributed by atoms with E-state index in [-0.39, 0.29) is 6.61 Å². The first kappa shape index (κ1) is 14.8. The lowest BCUT2D eigenvalue weighted by atomic mass is 10.1. The van der Waals surface area contributed by atoms with Gasteiger partial charge in [0.2, 0.25) is 0 Å². The fourth-order valence-corrected chi connectivity index (χ4v) is 1.67. The number of amides is 1. The van der Waals surface area contributed by atoms with Gasteiger partial charge in [-0.2, -0.15) is 18.0 Å². The van der Waals surface area contributed by atoms with E-state index in [0.29, 0.717) is 5.56 Å². The van der Waals surface area contributed by atoms with Crippen LogP contribution >= 0.6 is 0 Å². The van der Waals surface area contributed by atoms with Crippen LogP contribution in [0.25, 0.3) is 0 Å². The number of tetrazole rings is 1. The van der Waals surface area contributed by atoms with E-state index >= 15 is 0 Å². The molecule has 2 rings (SSSR count). The van der Waals surface area contributed by atoms with Crippen molar-refractivity contribution in [3.05, 3.63) is 41.7 Å². The van der Waals surface area contributed by atoms with Gasteiger partial charge in [0.05, 0.1) is 5.56 Å².